The molecule has 0 aliphatic carbocycles. The Balaban J connectivity index is 2.69. The molecular weight excluding hydrogens is 158 g/mol. The Bertz CT molecular complexity index is 234. The highest BCUT2D eigenvalue weighted by molar-refractivity contribution is 5.68. The minimum atomic E-state index is -0.899. The minimum Gasteiger partial charge on any atom is -0.481 e. The monoisotopic (exact) mass is 169 g/mol. The van der Waals surface area contributed by atoms with Gasteiger partial charge in [0.2, 0.25) is 0 Å². The lowest BCUT2D eigenvalue weighted by molar-refractivity contribution is -0.142. The van der Waals surface area contributed by atoms with Gasteiger partial charge in [0, 0.05) is 7.11 Å². The Morgan fingerprint density at radius 2 is 2.42 bits per heavy atom. The smallest absolute Gasteiger partial charge is 0.308 e. The number of carboxylic acids is 1. The van der Waals surface area contributed by atoms with Crippen LogP contribution in [-0.2, 0) is 9.53 Å². The van der Waals surface area contributed by atoms with E-state index in [0.717, 1.165) is 0 Å². The summed E-state index contributed by atoms with van der Waals surface area (Å²) in [5.41, 5.74) is -0.874. The van der Waals surface area contributed by atoms with Crippen molar-refractivity contribution in [1.82, 2.24) is 5.32 Å². The molecule has 66 valence electrons. The average molecular weight is 169 g/mol. The van der Waals surface area contributed by atoms with E-state index in [2.05, 4.69) is 5.32 Å². The Labute approximate surface area is 70.5 Å². The van der Waals surface area contributed by atoms with Gasteiger partial charge in [-0.3, -0.25) is 4.79 Å². The molecule has 0 aromatic carbocycles. The van der Waals surface area contributed by atoms with Crippen LogP contribution in [0.25, 0.3) is 0 Å². The summed E-state index contributed by atoms with van der Waals surface area (Å²) in [6.45, 7) is 0. The molecule has 0 saturated heterocycles. The summed E-state index contributed by atoms with van der Waals surface area (Å²) >= 11 is 0. The van der Waals surface area contributed by atoms with Gasteiger partial charge in [0.1, 0.15) is 0 Å². The van der Waals surface area contributed by atoms with Crippen LogP contribution in [0.3, 0.4) is 0 Å². The number of allylic oxidation sites excluding steroid dienone is 2. The highest BCUT2D eigenvalue weighted by Crippen LogP contribution is 2.16. The van der Waals surface area contributed by atoms with Gasteiger partial charge in [-0.25, -0.2) is 0 Å². The molecule has 0 radical (unpaired) electrons. The molecule has 1 atom stereocenters. The van der Waals surface area contributed by atoms with Crippen LogP contribution in [0.15, 0.2) is 24.4 Å². The van der Waals surface area contributed by atoms with Crippen LogP contribution in [0, 0.1) is 0 Å². The maximum Gasteiger partial charge on any atom is 0.308 e. The van der Waals surface area contributed by atoms with E-state index in [1.165, 1.54) is 7.11 Å². The Hall–Kier alpha value is -1.29. The van der Waals surface area contributed by atoms with Gasteiger partial charge in [0.05, 0.1) is 6.42 Å². The summed E-state index contributed by atoms with van der Waals surface area (Å²) in [4.78, 5) is 10.5. The molecule has 12 heavy (non-hydrogen) atoms. The molecule has 0 aromatic rings. The fourth-order valence-electron chi connectivity index (χ4n) is 1.04. The second kappa shape index (κ2) is 3.40. The SMILES string of the molecule is COC1(CC(=O)O)C=CC=CN1. The molecule has 0 bridgehead atoms. The number of hydrogen-bond acceptors (Lipinski definition) is 3. The minimum absolute atomic E-state index is 0.0929. The van der Waals surface area contributed by atoms with Crippen molar-refractivity contribution < 1.29 is 14.6 Å². The average Bonchev–Trinajstić information content (AvgIpc) is 2.05. The van der Waals surface area contributed by atoms with Crippen molar-refractivity contribution in [3.05, 3.63) is 24.4 Å². The number of methoxy groups -OCH3 is 1. The Kier molecular flexibility index (Phi) is 2.50. The molecule has 0 aromatic heterocycles. The summed E-state index contributed by atoms with van der Waals surface area (Å²) in [5.74, 6) is -0.899. The van der Waals surface area contributed by atoms with Crippen molar-refractivity contribution in [3.63, 3.8) is 0 Å². The molecule has 4 heteroatoms. The molecule has 1 aliphatic rings. The Morgan fingerprint density at radius 1 is 1.67 bits per heavy atom. The van der Waals surface area contributed by atoms with E-state index in [9.17, 15) is 4.79 Å². The lowest BCUT2D eigenvalue weighted by Gasteiger charge is -2.29. The molecule has 4 nitrogen and oxygen atoms in total. The van der Waals surface area contributed by atoms with Gasteiger partial charge in [0.25, 0.3) is 0 Å². The van der Waals surface area contributed by atoms with Gasteiger partial charge in [0.15, 0.2) is 5.72 Å². The number of rotatable bonds is 3. The highest BCUT2D eigenvalue weighted by atomic mass is 16.5. The second-order valence-corrected chi connectivity index (χ2v) is 2.53. The molecular formula is C8H11NO3. The topological polar surface area (TPSA) is 58.6 Å². The standard InChI is InChI=1S/C8H11NO3/c1-12-8(6-7(10)11)4-2-3-5-9-8/h2-5,9H,6H2,1H3,(H,10,11). The zero-order valence-electron chi connectivity index (χ0n) is 6.78. The molecule has 1 unspecified atom stereocenters. The van der Waals surface area contributed by atoms with Crippen LogP contribution in [0.5, 0.6) is 0 Å². The molecule has 0 amide bonds. The zero-order chi connectivity index (χ0) is 9.03. The fraction of sp³-hybridized carbons (Fsp3) is 0.375. The van der Waals surface area contributed by atoms with Crippen LogP contribution >= 0.6 is 0 Å². The number of carboxylic acid groups (broad SMARTS) is 1. The molecule has 1 heterocycles. The van der Waals surface area contributed by atoms with E-state index in [-0.39, 0.29) is 6.42 Å². The molecule has 0 saturated carbocycles. The van der Waals surface area contributed by atoms with Crippen molar-refractivity contribution >= 4 is 5.97 Å². The van der Waals surface area contributed by atoms with E-state index in [0.29, 0.717) is 0 Å². The molecule has 2 N–H and O–H groups in total. The molecule has 1 rings (SSSR count). The summed E-state index contributed by atoms with van der Waals surface area (Å²) in [5, 5.41) is 11.4. The first kappa shape index (κ1) is 8.80. The predicted molar refractivity (Wildman–Crippen MR) is 43.4 cm³/mol. The summed E-state index contributed by atoms with van der Waals surface area (Å²) in [7, 11) is 1.47. The highest BCUT2D eigenvalue weighted by Gasteiger charge is 2.29. The first-order chi connectivity index (χ1) is 5.68. The van der Waals surface area contributed by atoms with Crippen molar-refractivity contribution in [3.8, 4) is 0 Å². The lowest BCUT2D eigenvalue weighted by atomic mass is 10.1. The first-order valence-electron chi connectivity index (χ1n) is 3.57. The third-order valence-corrected chi connectivity index (χ3v) is 1.68. The van der Waals surface area contributed by atoms with E-state index < -0.39 is 11.7 Å². The van der Waals surface area contributed by atoms with Crippen molar-refractivity contribution in [2.45, 2.75) is 12.1 Å². The quantitative estimate of drug-likeness (QED) is 0.645. The summed E-state index contributed by atoms with van der Waals surface area (Å²) < 4.78 is 5.06. The maximum absolute atomic E-state index is 10.5. The number of ether oxygens (including phenoxy) is 1. The second-order valence-electron chi connectivity index (χ2n) is 2.53. The van der Waals surface area contributed by atoms with Crippen LogP contribution in [-0.4, -0.2) is 23.9 Å². The first-order valence-corrected chi connectivity index (χ1v) is 3.57. The van der Waals surface area contributed by atoms with E-state index in [4.69, 9.17) is 9.84 Å². The zero-order valence-corrected chi connectivity index (χ0v) is 6.78. The largest absolute Gasteiger partial charge is 0.481 e. The van der Waals surface area contributed by atoms with Crippen LogP contribution in [0.1, 0.15) is 6.42 Å². The number of hydrogen-bond donors (Lipinski definition) is 2. The van der Waals surface area contributed by atoms with Crippen LogP contribution in [0.4, 0.5) is 0 Å². The number of carbonyl (C=O) groups is 1. The number of aliphatic carboxylic acids is 1. The summed E-state index contributed by atoms with van der Waals surface area (Å²) in [6.07, 6.45) is 6.78. The fourth-order valence-corrected chi connectivity index (χ4v) is 1.04. The third-order valence-electron chi connectivity index (χ3n) is 1.68. The van der Waals surface area contributed by atoms with Gasteiger partial charge in [-0.1, -0.05) is 6.08 Å². The van der Waals surface area contributed by atoms with Crippen molar-refractivity contribution in [2.24, 2.45) is 0 Å². The van der Waals surface area contributed by atoms with Gasteiger partial charge in [-0.15, -0.1) is 0 Å². The van der Waals surface area contributed by atoms with Crippen molar-refractivity contribution in [1.29, 1.82) is 0 Å². The normalized spacial score (nSPS) is 26.8. The number of dihydropyridines is 1. The van der Waals surface area contributed by atoms with Crippen molar-refractivity contribution in [2.75, 3.05) is 7.11 Å². The van der Waals surface area contributed by atoms with Gasteiger partial charge in [-0.2, -0.15) is 0 Å². The number of nitrogens with one attached hydrogen (secondary N) is 1. The molecule has 1 aliphatic heterocycles. The van der Waals surface area contributed by atoms with E-state index in [1.54, 1.807) is 24.4 Å². The van der Waals surface area contributed by atoms with Crippen LogP contribution in [0.2, 0.25) is 0 Å². The van der Waals surface area contributed by atoms with E-state index >= 15 is 0 Å². The maximum atomic E-state index is 10.5. The molecule has 0 fully saturated rings. The molecule has 0 spiro atoms. The lowest BCUT2D eigenvalue weighted by Crippen LogP contribution is -2.45. The van der Waals surface area contributed by atoms with Gasteiger partial charge >= 0.3 is 5.97 Å². The van der Waals surface area contributed by atoms with Gasteiger partial charge < -0.3 is 15.2 Å². The van der Waals surface area contributed by atoms with Crippen LogP contribution < -0.4 is 5.32 Å². The van der Waals surface area contributed by atoms with E-state index in [1.807, 2.05) is 0 Å². The Morgan fingerprint density at radius 3 is 2.83 bits per heavy atom. The van der Waals surface area contributed by atoms with Gasteiger partial charge in [-0.05, 0) is 18.4 Å². The predicted octanol–water partition coefficient (Wildman–Crippen LogP) is 0.477. The third kappa shape index (κ3) is 1.85. The summed E-state index contributed by atoms with van der Waals surface area (Å²) in [6, 6.07) is 0.